The van der Waals surface area contributed by atoms with Crippen LogP contribution in [0.3, 0.4) is 0 Å². The van der Waals surface area contributed by atoms with Gasteiger partial charge >= 0.3 is 0 Å². The van der Waals surface area contributed by atoms with Crippen LogP contribution in [0.15, 0.2) is 70.3 Å². The molecule has 186 valence electrons. The van der Waals surface area contributed by atoms with Gasteiger partial charge < -0.3 is 14.8 Å². The first-order valence-corrected chi connectivity index (χ1v) is 12.5. The fourth-order valence-electron chi connectivity index (χ4n) is 3.23. The Hall–Kier alpha value is -3.44. The second-order valence-corrected chi connectivity index (χ2v) is 9.41. The van der Waals surface area contributed by atoms with Gasteiger partial charge in [0.05, 0.1) is 18.6 Å². The molecule has 0 aliphatic heterocycles. The van der Waals surface area contributed by atoms with Gasteiger partial charge in [0.1, 0.15) is 23.9 Å². The Balaban J connectivity index is 1.53. The van der Waals surface area contributed by atoms with Crippen molar-refractivity contribution in [3.8, 4) is 17.2 Å². The minimum absolute atomic E-state index is 0.0869. The lowest BCUT2D eigenvalue weighted by Crippen LogP contribution is -2.16. The van der Waals surface area contributed by atoms with Crippen LogP contribution in [0, 0.1) is 18.6 Å². The zero-order valence-corrected chi connectivity index (χ0v) is 21.7. The van der Waals surface area contributed by atoms with Crippen LogP contribution in [-0.2, 0) is 11.4 Å². The first kappa shape index (κ1) is 25.6. The number of nitrogens with one attached hydrogen (secondary N) is 1. The van der Waals surface area contributed by atoms with Crippen molar-refractivity contribution < 1.29 is 23.0 Å². The van der Waals surface area contributed by atoms with E-state index in [4.69, 9.17) is 9.47 Å². The summed E-state index contributed by atoms with van der Waals surface area (Å²) >= 11 is 4.19. The summed E-state index contributed by atoms with van der Waals surface area (Å²) in [6.45, 7) is 2.13. The van der Waals surface area contributed by atoms with Crippen molar-refractivity contribution in [1.82, 2.24) is 14.8 Å². The number of aromatic nitrogens is 3. The van der Waals surface area contributed by atoms with E-state index in [-0.39, 0.29) is 22.5 Å². The average Bonchev–Trinajstić information content (AvgIpc) is 3.27. The molecular weight excluding hydrogens is 554 g/mol. The van der Waals surface area contributed by atoms with E-state index in [0.29, 0.717) is 28.5 Å². The lowest BCUT2D eigenvalue weighted by atomic mass is 10.2. The summed E-state index contributed by atoms with van der Waals surface area (Å²) in [6.07, 6.45) is 0. The molecule has 0 spiro atoms. The van der Waals surface area contributed by atoms with Gasteiger partial charge in [-0.2, -0.15) is 0 Å². The van der Waals surface area contributed by atoms with Gasteiger partial charge in [-0.25, -0.2) is 8.78 Å². The Labute approximate surface area is 219 Å². The molecule has 0 aliphatic rings. The number of benzene rings is 3. The summed E-state index contributed by atoms with van der Waals surface area (Å²) in [5, 5.41) is 11.4. The number of hydrogen-bond acceptors (Lipinski definition) is 6. The zero-order chi connectivity index (χ0) is 25.7. The molecule has 0 atom stereocenters. The molecule has 3 aromatic carbocycles. The summed E-state index contributed by atoms with van der Waals surface area (Å²) in [5.74, 6) is -0.313. The van der Waals surface area contributed by atoms with Gasteiger partial charge in [-0.1, -0.05) is 29.5 Å². The highest BCUT2D eigenvalue weighted by molar-refractivity contribution is 9.10. The van der Waals surface area contributed by atoms with Crippen LogP contribution in [0.5, 0.6) is 11.5 Å². The highest BCUT2D eigenvalue weighted by atomic mass is 79.9. The molecule has 0 saturated carbocycles. The smallest absolute Gasteiger partial charge is 0.234 e. The Kier molecular flexibility index (Phi) is 8.21. The van der Waals surface area contributed by atoms with Gasteiger partial charge in [0.25, 0.3) is 0 Å². The molecule has 0 unspecified atom stereocenters. The van der Waals surface area contributed by atoms with Crippen molar-refractivity contribution in [3.05, 3.63) is 88.2 Å². The minimum Gasteiger partial charge on any atom is -0.497 e. The third-order valence-electron chi connectivity index (χ3n) is 5.02. The van der Waals surface area contributed by atoms with Crippen molar-refractivity contribution in [2.45, 2.75) is 18.7 Å². The lowest BCUT2D eigenvalue weighted by Gasteiger charge is -2.12. The van der Waals surface area contributed by atoms with E-state index >= 15 is 0 Å². The molecule has 36 heavy (non-hydrogen) atoms. The molecule has 0 radical (unpaired) electrons. The number of methoxy groups -OCH3 is 1. The van der Waals surface area contributed by atoms with Crippen molar-refractivity contribution in [2.24, 2.45) is 0 Å². The summed E-state index contributed by atoms with van der Waals surface area (Å²) in [6, 6.07) is 16.7. The predicted molar refractivity (Wildman–Crippen MR) is 137 cm³/mol. The molecule has 0 bridgehead atoms. The number of amides is 1. The van der Waals surface area contributed by atoms with E-state index in [1.807, 2.05) is 43.3 Å². The second kappa shape index (κ2) is 11.5. The van der Waals surface area contributed by atoms with E-state index < -0.39 is 17.5 Å². The second-order valence-electron chi connectivity index (χ2n) is 7.62. The van der Waals surface area contributed by atoms with Crippen molar-refractivity contribution in [1.29, 1.82) is 0 Å². The number of ether oxygens (including phenoxy) is 2. The SMILES string of the molecule is COc1ccc(-n2c(COc3ccc(C)cc3)nnc2SCC(=O)Nc2c(F)cc(F)cc2Br)cc1. The zero-order valence-electron chi connectivity index (χ0n) is 19.3. The fourth-order valence-corrected chi connectivity index (χ4v) is 4.51. The first-order valence-electron chi connectivity index (χ1n) is 10.7. The summed E-state index contributed by atoms with van der Waals surface area (Å²) in [4.78, 5) is 12.5. The van der Waals surface area contributed by atoms with Crippen LogP contribution >= 0.6 is 27.7 Å². The molecule has 1 heterocycles. The topological polar surface area (TPSA) is 78.3 Å². The number of carbonyl (C=O) groups excluding carboxylic acids is 1. The normalized spacial score (nSPS) is 10.8. The number of anilines is 1. The van der Waals surface area contributed by atoms with Crippen molar-refractivity contribution >= 4 is 39.3 Å². The maximum atomic E-state index is 14.1. The number of aryl methyl sites for hydroxylation is 1. The van der Waals surface area contributed by atoms with E-state index in [1.165, 1.54) is 0 Å². The number of carbonyl (C=O) groups is 1. The predicted octanol–water partition coefficient (Wildman–Crippen LogP) is 5.93. The van der Waals surface area contributed by atoms with Gasteiger partial charge in [0, 0.05) is 16.2 Å². The van der Waals surface area contributed by atoms with Crippen LogP contribution in [-0.4, -0.2) is 33.5 Å². The molecule has 0 fully saturated rings. The lowest BCUT2D eigenvalue weighted by molar-refractivity contribution is -0.113. The Bertz CT molecular complexity index is 1340. The van der Waals surface area contributed by atoms with Crippen LogP contribution in [0.2, 0.25) is 0 Å². The Morgan fingerprint density at radius 3 is 2.42 bits per heavy atom. The molecule has 1 N–H and O–H groups in total. The molecule has 1 amide bonds. The molecule has 4 rings (SSSR count). The highest BCUT2D eigenvalue weighted by Gasteiger charge is 2.18. The van der Waals surface area contributed by atoms with Gasteiger partial charge in [-0.3, -0.25) is 9.36 Å². The third kappa shape index (κ3) is 6.21. The van der Waals surface area contributed by atoms with E-state index in [9.17, 15) is 13.6 Å². The summed E-state index contributed by atoms with van der Waals surface area (Å²) < 4.78 is 40.4. The molecule has 4 aromatic rings. The number of thioether (sulfide) groups is 1. The largest absolute Gasteiger partial charge is 0.497 e. The summed E-state index contributed by atoms with van der Waals surface area (Å²) in [5.41, 5.74) is 1.73. The van der Waals surface area contributed by atoms with Gasteiger partial charge in [0.15, 0.2) is 16.8 Å². The van der Waals surface area contributed by atoms with Crippen LogP contribution < -0.4 is 14.8 Å². The number of rotatable bonds is 9. The number of hydrogen-bond donors (Lipinski definition) is 1. The molecule has 7 nitrogen and oxygen atoms in total. The molecule has 0 aliphatic carbocycles. The molecular formula is C25H21BrF2N4O3S. The van der Waals surface area contributed by atoms with Gasteiger partial charge in [-0.15, -0.1) is 10.2 Å². The standard InChI is InChI=1S/C25H21BrF2N4O3S/c1-15-3-7-19(8-4-15)35-13-22-30-31-25(32(22)17-5-9-18(34-2)10-6-17)36-14-23(33)29-24-20(26)11-16(27)12-21(24)28/h3-12H,13-14H2,1-2H3,(H,29,33). The van der Waals surface area contributed by atoms with Crippen LogP contribution in [0.1, 0.15) is 11.4 Å². The maximum absolute atomic E-state index is 14.1. The van der Waals surface area contributed by atoms with Crippen LogP contribution in [0.25, 0.3) is 5.69 Å². The molecule has 11 heteroatoms. The average molecular weight is 575 g/mol. The Morgan fingerprint density at radius 1 is 1.06 bits per heavy atom. The van der Waals surface area contributed by atoms with Crippen molar-refractivity contribution in [2.75, 3.05) is 18.2 Å². The monoisotopic (exact) mass is 574 g/mol. The fraction of sp³-hybridized carbons (Fsp3) is 0.160. The van der Waals surface area contributed by atoms with Gasteiger partial charge in [-0.05, 0) is 65.3 Å². The first-order chi connectivity index (χ1) is 17.3. The quantitative estimate of drug-likeness (QED) is 0.249. The van der Waals surface area contributed by atoms with E-state index in [0.717, 1.165) is 29.1 Å². The van der Waals surface area contributed by atoms with E-state index in [2.05, 4.69) is 31.4 Å². The number of halogens is 3. The maximum Gasteiger partial charge on any atom is 0.234 e. The molecule has 1 aromatic heterocycles. The van der Waals surface area contributed by atoms with E-state index in [1.54, 1.807) is 23.8 Å². The highest BCUT2D eigenvalue weighted by Crippen LogP contribution is 2.28. The van der Waals surface area contributed by atoms with Crippen LogP contribution in [0.4, 0.5) is 14.5 Å². The third-order valence-corrected chi connectivity index (χ3v) is 6.58. The van der Waals surface area contributed by atoms with Gasteiger partial charge in [0.2, 0.25) is 5.91 Å². The minimum atomic E-state index is -0.878. The molecule has 0 saturated heterocycles. The number of nitrogens with zero attached hydrogens (tertiary/aromatic N) is 3. The summed E-state index contributed by atoms with van der Waals surface area (Å²) in [7, 11) is 1.58. The van der Waals surface area contributed by atoms with Crippen molar-refractivity contribution in [3.63, 3.8) is 0 Å². The Morgan fingerprint density at radius 2 is 1.75 bits per heavy atom.